The summed E-state index contributed by atoms with van der Waals surface area (Å²) in [6.45, 7) is 0. The van der Waals surface area contributed by atoms with E-state index in [4.69, 9.17) is 0 Å². The molecule has 0 aliphatic rings. The fourth-order valence-corrected chi connectivity index (χ4v) is 5.84. The summed E-state index contributed by atoms with van der Waals surface area (Å²) in [4.78, 5) is 0. The second-order valence-electron chi connectivity index (χ2n) is 5.94. The zero-order chi connectivity index (χ0) is 17.3. The quantitative estimate of drug-likeness (QED) is 0.433. The Labute approximate surface area is 202 Å². The van der Waals surface area contributed by atoms with E-state index in [0.29, 0.717) is 10.9 Å². The molecule has 0 aliphatic carbocycles. The number of thiophene rings is 2. The van der Waals surface area contributed by atoms with Crippen LogP contribution < -0.4 is 71.9 Å². The van der Waals surface area contributed by atoms with E-state index in [0.717, 1.165) is 9.55 Å². The van der Waals surface area contributed by atoms with Crippen molar-refractivity contribution < 1.29 is 60.2 Å². The van der Waals surface area contributed by atoms with Gasteiger partial charge in [0.2, 0.25) is 0 Å². The Kier molecular flexibility index (Phi) is 6.67. The third-order valence-electron chi connectivity index (χ3n) is 4.68. The van der Waals surface area contributed by atoms with Gasteiger partial charge in [-0.15, -0.1) is 9.55 Å². The minimum absolute atomic E-state index is 0. The van der Waals surface area contributed by atoms with Gasteiger partial charge >= 0.3 is 51.4 Å². The van der Waals surface area contributed by atoms with Crippen molar-refractivity contribution in [2.45, 2.75) is 0 Å². The maximum atomic E-state index is 15.0. The molecule has 2 aromatic carbocycles. The minimum Gasteiger partial charge on any atom is -0.210 e. The van der Waals surface area contributed by atoms with Crippen LogP contribution in [0.3, 0.4) is 0 Å². The van der Waals surface area contributed by atoms with E-state index in [9.17, 15) is 8.78 Å². The molecule has 0 N–H and O–H groups in total. The third kappa shape index (κ3) is 3.33. The van der Waals surface area contributed by atoms with E-state index in [2.05, 4.69) is 0 Å². The molecule has 2 heterocycles. The Bertz CT molecular complexity index is 903. The molecule has 0 bridgehead atoms. The van der Waals surface area contributed by atoms with Crippen molar-refractivity contribution in [3.05, 3.63) is 95.2 Å². The number of halogens is 2. The van der Waals surface area contributed by atoms with Crippen molar-refractivity contribution in [1.29, 1.82) is 0 Å². The van der Waals surface area contributed by atoms with Gasteiger partial charge in [-0.25, -0.2) is 8.78 Å². The summed E-state index contributed by atoms with van der Waals surface area (Å²) in [5.41, 5.74) is 1.05. The van der Waals surface area contributed by atoms with E-state index in [-0.39, 0.29) is 63.0 Å². The van der Waals surface area contributed by atoms with Crippen LogP contribution in [0.25, 0.3) is 0 Å². The largest absolute Gasteiger partial charge is 1.00 e. The van der Waals surface area contributed by atoms with Gasteiger partial charge in [0.1, 0.15) is 6.15 Å². The fourth-order valence-electron chi connectivity index (χ4n) is 3.65. The molecule has 4 aromatic rings. The van der Waals surface area contributed by atoms with Gasteiger partial charge in [-0.3, -0.25) is 0 Å². The molecule has 0 amide bonds. The molecule has 0 unspecified atom stereocenters. The van der Waals surface area contributed by atoms with Crippen LogP contribution in [0.5, 0.6) is 0 Å². The molecule has 124 valence electrons. The number of hydrogen-bond donors (Lipinski definition) is 0. The normalized spacial score (nSPS) is 11.2. The maximum absolute atomic E-state index is 15.0. The average Bonchev–Trinajstić information content (AvgIpc) is 3.33. The first kappa shape index (κ1) is 20.1. The molecule has 0 radical (unpaired) electrons. The molecule has 0 atom stereocenters. The SMILES string of the molecule is Fc1ccccc1[B-](c1cccs1)(c1cccs1)c1ccccc1F.[K+]. The van der Waals surface area contributed by atoms with Gasteiger partial charge < -0.3 is 0 Å². The van der Waals surface area contributed by atoms with Gasteiger partial charge in [0.05, 0.1) is 11.6 Å². The molecule has 0 saturated carbocycles. The van der Waals surface area contributed by atoms with Crippen LogP contribution in [0, 0.1) is 11.6 Å². The van der Waals surface area contributed by atoms with Crippen LogP contribution in [0.1, 0.15) is 0 Å². The molecule has 0 nitrogen and oxygen atoms in total. The number of benzene rings is 2. The Morgan fingerprint density at radius 1 is 0.577 bits per heavy atom. The Hall–Kier alpha value is -0.599. The Balaban J connectivity index is 0.00000196. The van der Waals surface area contributed by atoms with Crippen molar-refractivity contribution in [3.8, 4) is 0 Å². The van der Waals surface area contributed by atoms with Gasteiger partial charge in [0.25, 0.3) is 0 Å². The molecule has 26 heavy (non-hydrogen) atoms. The molecule has 2 aromatic heterocycles. The van der Waals surface area contributed by atoms with Crippen molar-refractivity contribution in [1.82, 2.24) is 0 Å². The predicted molar refractivity (Wildman–Crippen MR) is 106 cm³/mol. The maximum Gasteiger partial charge on any atom is 1.00 e. The summed E-state index contributed by atoms with van der Waals surface area (Å²) < 4.78 is 31.9. The summed E-state index contributed by atoms with van der Waals surface area (Å²) >= 11 is 3.07. The number of hydrogen-bond acceptors (Lipinski definition) is 2. The summed E-state index contributed by atoms with van der Waals surface area (Å²) in [5, 5.41) is 3.92. The van der Waals surface area contributed by atoms with E-state index in [1.54, 1.807) is 24.3 Å². The van der Waals surface area contributed by atoms with Gasteiger partial charge in [0, 0.05) is 0 Å². The zero-order valence-electron chi connectivity index (χ0n) is 14.2. The van der Waals surface area contributed by atoms with Gasteiger partial charge in [-0.2, -0.15) is 33.6 Å². The van der Waals surface area contributed by atoms with E-state index >= 15 is 0 Å². The Morgan fingerprint density at radius 3 is 1.35 bits per heavy atom. The van der Waals surface area contributed by atoms with Crippen molar-refractivity contribution in [3.63, 3.8) is 0 Å². The molecular weight excluding hydrogens is 392 g/mol. The smallest absolute Gasteiger partial charge is 0.210 e. The molecular formula is C20H14BF2KS2. The van der Waals surface area contributed by atoms with Crippen LogP contribution in [0.4, 0.5) is 8.78 Å². The molecule has 4 rings (SSSR count). The van der Waals surface area contributed by atoms with Crippen molar-refractivity contribution >= 4 is 49.3 Å². The Morgan fingerprint density at radius 2 is 1.00 bits per heavy atom. The molecule has 0 saturated heterocycles. The van der Waals surface area contributed by atoms with Crippen LogP contribution in [-0.2, 0) is 0 Å². The molecule has 0 spiro atoms. The summed E-state index contributed by atoms with van der Waals surface area (Å²) in [6, 6.07) is 21.3. The first-order valence-electron chi connectivity index (χ1n) is 7.98. The summed E-state index contributed by atoms with van der Waals surface area (Å²) in [7, 11) is 0. The first-order valence-corrected chi connectivity index (χ1v) is 9.74. The minimum atomic E-state index is -1.90. The number of rotatable bonds is 4. The topological polar surface area (TPSA) is 0 Å². The average molecular weight is 406 g/mol. The molecule has 0 fully saturated rings. The molecule has 0 aliphatic heterocycles. The molecule has 6 heteroatoms. The second kappa shape index (κ2) is 8.61. The third-order valence-corrected chi connectivity index (χ3v) is 6.79. The van der Waals surface area contributed by atoms with Crippen LogP contribution >= 0.6 is 22.7 Å². The van der Waals surface area contributed by atoms with Crippen LogP contribution in [-0.4, -0.2) is 6.15 Å². The second-order valence-corrected chi connectivity index (χ2v) is 7.90. The van der Waals surface area contributed by atoms with Crippen molar-refractivity contribution in [2.24, 2.45) is 0 Å². The van der Waals surface area contributed by atoms with E-state index in [1.165, 1.54) is 34.8 Å². The predicted octanol–water partition coefficient (Wildman–Crippen LogP) is 0.469. The standard InChI is InChI=1S/C20H14BF2S2.K/c22-17-9-3-1-7-15(17)21(19-11-5-13-24-19,20-12-6-14-25-20)16-8-2-4-10-18(16)23;/h1-14H;/q-1;+1. The van der Waals surface area contributed by atoms with Crippen LogP contribution in [0.2, 0.25) is 0 Å². The summed E-state index contributed by atoms with van der Waals surface area (Å²) in [6.07, 6.45) is -1.90. The van der Waals surface area contributed by atoms with Gasteiger partial charge in [-0.1, -0.05) is 60.7 Å². The first-order chi connectivity index (χ1) is 12.2. The monoisotopic (exact) mass is 406 g/mol. The van der Waals surface area contributed by atoms with E-state index in [1.807, 2.05) is 47.2 Å². The van der Waals surface area contributed by atoms with Crippen LogP contribution in [0.15, 0.2) is 83.6 Å². The van der Waals surface area contributed by atoms with Gasteiger partial charge in [-0.05, 0) is 22.9 Å². The summed E-state index contributed by atoms with van der Waals surface area (Å²) in [5.74, 6) is -0.625. The van der Waals surface area contributed by atoms with Crippen molar-refractivity contribution in [2.75, 3.05) is 0 Å². The van der Waals surface area contributed by atoms with Gasteiger partial charge in [0.15, 0.2) is 0 Å². The fraction of sp³-hybridized carbons (Fsp3) is 0. The van der Waals surface area contributed by atoms with E-state index < -0.39 is 6.15 Å². The zero-order valence-corrected chi connectivity index (χ0v) is 19.0.